The number of para-hydroxylation sites is 2. The van der Waals surface area contributed by atoms with Crippen LogP contribution < -0.4 is 10.0 Å². The molecular weight excluding hydrogens is 279 g/mol. The van der Waals surface area contributed by atoms with E-state index in [1.807, 2.05) is 0 Å². The molecule has 0 saturated heterocycles. The number of halogens is 1. The predicted molar refractivity (Wildman–Crippen MR) is 78.6 cm³/mol. The summed E-state index contributed by atoms with van der Waals surface area (Å²) in [6.07, 6.45) is 1.09. The minimum atomic E-state index is -3.34. The largest absolute Gasteiger partial charge is 0.379 e. The van der Waals surface area contributed by atoms with Gasteiger partial charge in [0.05, 0.1) is 17.6 Å². The number of nitrogens with one attached hydrogen (secondary N) is 2. The molecule has 0 saturated carbocycles. The predicted octanol–water partition coefficient (Wildman–Crippen LogP) is 2.81. The van der Waals surface area contributed by atoms with E-state index in [0.717, 1.165) is 11.8 Å². The van der Waals surface area contributed by atoms with Crippen LogP contribution in [-0.2, 0) is 16.6 Å². The van der Waals surface area contributed by atoms with Crippen LogP contribution >= 0.6 is 0 Å². The van der Waals surface area contributed by atoms with E-state index in [-0.39, 0.29) is 5.82 Å². The van der Waals surface area contributed by atoms with Crippen molar-refractivity contribution in [3.05, 3.63) is 59.9 Å². The van der Waals surface area contributed by atoms with Crippen LogP contribution in [0.2, 0.25) is 0 Å². The van der Waals surface area contributed by atoms with Gasteiger partial charge in [0.1, 0.15) is 5.82 Å². The Morgan fingerprint density at radius 1 is 1.05 bits per heavy atom. The third kappa shape index (κ3) is 4.24. The van der Waals surface area contributed by atoms with Crippen LogP contribution in [0.3, 0.4) is 0 Å². The van der Waals surface area contributed by atoms with Gasteiger partial charge >= 0.3 is 0 Å². The molecule has 20 heavy (non-hydrogen) atoms. The summed E-state index contributed by atoms with van der Waals surface area (Å²) in [6.45, 7) is 0.403. The molecule has 0 aromatic heterocycles. The molecule has 2 aromatic carbocycles. The smallest absolute Gasteiger partial charge is 0.229 e. The molecule has 0 unspecified atom stereocenters. The van der Waals surface area contributed by atoms with E-state index < -0.39 is 10.0 Å². The first-order chi connectivity index (χ1) is 9.44. The average Bonchev–Trinajstić information content (AvgIpc) is 2.36. The van der Waals surface area contributed by atoms with E-state index in [0.29, 0.717) is 17.9 Å². The first-order valence-corrected chi connectivity index (χ1v) is 7.88. The fourth-order valence-electron chi connectivity index (χ4n) is 1.77. The first kappa shape index (κ1) is 14.3. The van der Waals surface area contributed by atoms with E-state index >= 15 is 0 Å². The minimum Gasteiger partial charge on any atom is -0.379 e. The second-order valence-electron chi connectivity index (χ2n) is 4.40. The van der Waals surface area contributed by atoms with Crippen molar-refractivity contribution < 1.29 is 12.8 Å². The van der Waals surface area contributed by atoms with Crippen LogP contribution in [0.15, 0.2) is 48.5 Å². The lowest BCUT2D eigenvalue weighted by atomic mass is 10.2. The Morgan fingerprint density at radius 3 is 2.40 bits per heavy atom. The monoisotopic (exact) mass is 294 g/mol. The molecule has 0 aliphatic heterocycles. The molecule has 0 aliphatic rings. The fourth-order valence-corrected chi connectivity index (χ4v) is 2.35. The van der Waals surface area contributed by atoms with Crippen molar-refractivity contribution in [1.29, 1.82) is 0 Å². The second kappa shape index (κ2) is 5.92. The van der Waals surface area contributed by atoms with Crippen LogP contribution in [-0.4, -0.2) is 14.7 Å². The highest BCUT2D eigenvalue weighted by Crippen LogP contribution is 2.22. The molecule has 0 amide bonds. The third-order valence-electron chi connectivity index (χ3n) is 2.59. The van der Waals surface area contributed by atoms with Crippen LogP contribution in [0.25, 0.3) is 0 Å². The van der Waals surface area contributed by atoms with Crippen molar-refractivity contribution in [3.63, 3.8) is 0 Å². The molecular formula is C14H15FN2O2S. The Morgan fingerprint density at radius 2 is 1.75 bits per heavy atom. The lowest BCUT2D eigenvalue weighted by Gasteiger charge is -2.12. The van der Waals surface area contributed by atoms with E-state index in [4.69, 9.17) is 0 Å². The van der Waals surface area contributed by atoms with Gasteiger partial charge in [-0.1, -0.05) is 24.3 Å². The van der Waals surface area contributed by atoms with E-state index in [9.17, 15) is 12.8 Å². The van der Waals surface area contributed by atoms with Gasteiger partial charge in [-0.3, -0.25) is 4.72 Å². The van der Waals surface area contributed by atoms with Gasteiger partial charge in [0.2, 0.25) is 10.0 Å². The van der Waals surface area contributed by atoms with Gasteiger partial charge in [0.15, 0.2) is 0 Å². The van der Waals surface area contributed by atoms with Crippen LogP contribution in [0, 0.1) is 5.82 Å². The Kier molecular flexibility index (Phi) is 4.24. The lowest BCUT2D eigenvalue weighted by molar-refractivity contribution is 0.607. The maximum atomic E-state index is 13.1. The van der Waals surface area contributed by atoms with Gasteiger partial charge in [0.25, 0.3) is 0 Å². The number of rotatable bonds is 5. The van der Waals surface area contributed by atoms with Gasteiger partial charge < -0.3 is 5.32 Å². The highest BCUT2D eigenvalue weighted by molar-refractivity contribution is 7.92. The Balaban J connectivity index is 2.13. The summed E-state index contributed by atoms with van der Waals surface area (Å²) < 4.78 is 38.1. The highest BCUT2D eigenvalue weighted by atomic mass is 32.2. The summed E-state index contributed by atoms with van der Waals surface area (Å²) in [7, 11) is -3.34. The Bertz CT molecular complexity index is 702. The summed E-state index contributed by atoms with van der Waals surface area (Å²) in [4.78, 5) is 0. The minimum absolute atomic E-state index is 0.299. The number of hydrogen-bond acceptors (Lipinski definition) is 3. The quantitative estimate of drug-likeness (QED) is 0.891. The molecule has 2 aromatic rings. The molecule has 106 valence electrons. The molecule has 0 aliphatic carbocycles. The van der Waals surface area contributed by atoms with Gasteiger partial charge in [-0.05, 0) is 29.8 Å². The van der Waals surface area contributed by atoms with Crippen molar-refractivity contribution >= 4 is 21.4 Å². The van der Waals surface area contributed by atoms with Crippen molar-refractivity contribution in [2.45, 2.75) is 6.54 Å². The van der Waals surface area contributed by atoms with E-state index in [1.165, 1.54) is 12.1 Å². The van der Waals surface area contributed by atoms with E-state index in [1.54, 1.807) is 36.4 Å². The number of hydrogen-bond donors (Lipinski definition) is 2. The highest BCUT2D eigenvalue weighted by Gasteiger charge is 2.06. The zero-order valence-electron chi connectivity index (χ0n) is 10.9. The average molecular weight is 294 g/mol. The Hall–Kier alpha value is -2.08. The first-order valence-electron chi connectivity index (χ1n) is 5.99. The molecule has 0 fully saturated rings. The molecule has 2 N–H and O–H groups in total. The number of sulfonamides is 1. The van der Waals surface area contributed by atoms with E-state index in [2.05, 4.69) is 10.0 Å². The molecule has 0 heterocycles. The zero-order chi connectivity index (χ0) is 14.6. The Labute approximate surface area is 117 Å². The molecule has 0 bridgehead atoms. The van der Waals surface area contributed by atoms with Crippen molar-refractivity contribution in [1.82, 2.24) is 0 Å². The van der Waals surface area contributed by atoms with Gasteiger partial charge in [0, 0.05) is 6.54 Å². The summed E-state index contributed by atoms with van der Waals surface area (Å²) >= 11 is 0. The van der Waals surface area contributed by atoms with Gasteiger partial charge in [-0.25, -0.2) is 12.8 Å². The number of anilines is 2. The summed E-state index contributed by atoms with van der Waals surface area (Å²) in [5, 5.41) is 3.09. The lowest BCUT2D eigenvalue weighted by Crippen LogP contribution is -2.11. The zero-order valence-corrected chi connectivity index (χ0v) is 11.7. The van der Waals surface area contributed by atoms with Crippen molar-refractivity contribution in [3.8, 4) is 0 Å². The van der Waals surface area contributed by atoms with Crippen LogP contribution in [0.4, 0.5) is 15.8 Å². The SMILES string of the molecule is CS(=O)(=O)Nc1ccccc1NCc1cccc(F)c1. The van der Waals surface area contributed by atoms with Gasteiger partial charge in [-0.15, -0.1) is 0 Å². The van der Waals surface area contributed by atoms with Crippen LogP contribution in [0.1, 0.15) is 5.56 Å². The maximum Gasteiger partial charge on any atom is 0.229 e. The normalized spacial score (nSPS) is 11.1. The second-order valence-corrected chi connectivity index (χ2v) is 6.15. The van der Waals surface area contributed by atoms with Crippen molar-refractivity contribution in [2.24, 2.45) is 0 Å². The summed E-state index contributed by atoms with van der Waals surface area (Å²) in [5.41, 5.74) is 1.88. The maximum absolute atomic E-state index is 13.1. The summed E-state index contributed by atoms with van der Waals surface area (Å²) in [5.74, 6) is -0.299. The van der Waals surface area contributed by atoms with Crippen LogP contribution in [0.5, 0.6) is 0 Å². The standard InChI is InChI=1S/C14H15FN2O2S/c1-20(18,19)17-14-8-3-2-7-13(14)16-10-11-5-4-6-12(15)9-11/h2-9,16-17H,10H2,1H3. The van der Waals surface area contributed by atoms with Gasteiger partial charge in [-0.2, -0.15) is 0 Å². The topological polar surface area (TPSA) is 58.2 Å². The molecule has 0 atom stereocenters. The summed E-state index contributed by atoms with van der Waals surface area (Å²) in [6, 6.07) is 13.2. The molecule has 2 rings (SSSR count). The third-order valence-corrected chi connectivity index (χ3v) is 3.19. The number of benzene rings is 2. The van der Waals surface area contributed by atoms with Crippen molar-refractivity contribution in [2.75, 3.05) is 16.3 Å². The molecule has 6 heteroatoms. The molecule has 4 nitrogen and oxygen atoms in total. The molecule has 0 radical (unpaired) electrons. The fraction of sp³-hybridized carbons (Fsp3) is 0.143. The molecule has 0 spiro atoms.